The molecular weight excluding hydrogens is 280 g/mol. The lowest BCUT2D eigenvalue weighted by atomic mass is 10.3. The maximum atomic E-state index is 12.6. The summed E-state index contributed by atoms with van der Waals surface area (Å²) in [4.78, 5) is 4.69. The summed E-state index contributed by atoms with van der Waals surface area (Å²) in [5.41, 5.74) is 6.31. The highest BCUT2D eigenvalue weighted by atomic mass is 35.5. The van der Waals surface area contributed by atoms with Crippen LogP contribution in [0.1, 0.15) is 12.4 Å². The Balaban J connectivity index is 2.09. The maximum absolute atomic E-state index is 12.6. The Morgan fingerprint density at radius 1 is 1.44 bits per heavy atom. The Kier molecular flexibility index (Phi) is 4.08. The zero-order valence-corrected chi connectivity index (χ0v) is 10.8. The first kappa shape index (κ1) is 13.2. The molecule has 0 saturated carbocycles. The molecule has 2 N–H and O–H groups in total. The SMILES string of the molecule is Nc1cc(Cl)ccc1SCc1nccn1C(F)F. The minimum absolute atomic E-state index is 0.310. The summed E-state index contributed by atoms with van der Waals surface area (Å²) in [5, 5.41) is 0.547. The molecule has 0 aliphatic heterocycles. The largest absolute Gasteiger partial charge is 0.398 e. The van der Waals surface area contributed by atoms with Crippen LogP contribution in [0.15, 0.2) is 35.5 Å². The van der Waals surface area contributed by atoms with Gasteiger partial charge < -0.3 is 5.73 Å². The van der Waals surface area contributed by atoms with Gasteiger partial charge in [0, 0.05) is 28.0 Å². The number of halogens is 3. The van der Waals surface area contributed by atoms with E-state index < -0.39 is 6.55 Å². The highest BCUT2D eigenvalue weighted by Gasteiger charge is 2.12. The summed E-state index contributed by atoms with van der Waals surface area (Å²) in [6.07, 6.45) is 2.61. The molecule has 2 aromatic rings. The van der Waals surface area contributed by atoms with Gasteiger partial charge in [0.05, 0.1) is 5.75 Å². The molecule has 0 bridgehead atoms. The highest BCUT2D eigenvalue weighted by molar-refractivity contribution is 7.98. The number of thioether (sulfide) groups is 1. The van der Waals surface area contributed by atoms with Crippen molar-refractivity contribution in [1.82, 2.24) is 9.55 Å². The molecule has 1 heterocycles. The van der Waals surface area contributed by atoms with Crippen molar-refractivity contribution in [3.05, 3.63) is 41.4 Å². The topological polar surface area (TPSA) is 43.8 Å². The van der Waals surface area contributed by atoms with Crippen LogP contribution in [0.4, 0.5) is 14.5 Å². The number of nitrogen functional groups attached to an aromatic ring is 1. The first-order valence-electron chi connectivity index (χ1n) is 5.05. The monoisotopic (exact) mass is 289 g/mol. The van der Waals surface area contributed by atoms with E-state index in [2.05, 4.69) is 4.98 Å². The second-order valence-corrected chi connectivity index (χ2v) is 4.95. The fourth-order valence-corrected chi connectivity index (χ4v) is 2.51. The van der Waals surface area contributed by atoms with Crippen LogP contribution < -0.4 is 5.73 Å². The maximum Gasteiger partial charge on any atom is 0.319 e. The Hall–Kier alpha value is -1.27. The van der Waals surface area contributed by atoms with Gasteiger partial charge in [-0.15, -0.1) is 11.8 Å². The number of aromatic nitrogens is 2. The highest BCUT2D eigenvalue weighted by Crippen LogP contribution is 2.30. The third-order valence-electron chi connectivity index (χ3n) is 2.29. The summed E-state index contributed by atoms with van der Waals surface area (Å²) in [7, 11) is 0. The molecule has 1 aromatic heterocycles. The molecule has 96 valence electrons. The average Bonchev–Trinajstić information content (AvgIpc) is 2.76. The van der Waals surface area contributed by atoms with E-state index in [1.807, 2.05) is 0 Å². The molecule has 0 aliphatic rings. The fraction of sp³-hybridized carbons (Fsp3) is 0.182. The van der Waals surface area contributed by atoms with Crippen LogP contribution in [-0.4, -0.2) is 9.55 Å². The molecule has 18 heavy (non-hydrogen) atoms. The normalized spacial score (nSPS) is 11.1. The number of anilines is 1. The lowest BCUT2D eigenvalue weighted by Gasteiger charge is -2.07. The number of benzene rings is 1. The molecule has 0 saturated heterocycles. The first-order valence-corrected chi connectivity index (χ1v) is 6.42. The molecule has 3 nitrogen and oxygen atoms in total. The number of hydrogen-bond donors (Lipinski definition) is 1. The van der Waals surface area contributed by atoms with Gasteiger partial charge in [-0.1, -0.05) is 11.6 Å². The third-order valence-corrected chi connectivity index (χ3v) is 3.61. The molecular formula is C11H10ClF2N3S. The summed E-state index contributed by atoms with van der Waals surface area (Å²) < 4.78 is 26.0. The van der Waals surface area contributed by atoms with E-state index in [4.69, 9.17) is 17.3 Å². The van der Waals surface area contributed by atoms with Crippen molar-refractivity contribution in [2.45, 2.75) is 17.2 Å². The predicted molar refractivity (Wildman–Crippen MR) is 68.9 cm³/mol. The molecule has 7 heteroatoms. The molecule has 0 amide bonds. The van der Waals surface area contributed by atoms with Gasteiger partial charge in [0.2, 0.25) is 0 Å². The molecule has 0 radical (unpaired) electrons. The summed E-state index contributed by atoms with van der Waals surface area (Å²) in [6.45, 7) is -2.58. The van der Waals surface area contributed by atoms with E-state index in [9.17, 15) is 8.78 Å². The Labute approximate surface area is 112 Å². The van der Waals surface area contributed by atoms with Crippen LogP contribution in [0.2, 0.25) is 5.02 Å². The van der Waals surface area contributed by atoms with Gasteiger partial charge in [-0.05, 0) is 18.2 Å². The van der Waals surface area contributed by atoms with Crippen molar-refractivity contribution in [2.24, 2.45) is 0 Å². The summed E-state index contributed by atoms with van der Waals surface area (Å²) >= 11 is 7.12. The van der Waals surface area contributed by atoms with Crippen LogP contribution in [0.5, 0.6) is 0 Å². The predicted octanol–water partition coefficient (Wildman–Crippen LogP) is 3.81. The van der Waals surface area contributed by atoms with Gasteiger partial charge in [-0.25, -0.2) is 4.98 Å². The van der Waals surface area contributed by atoms with Crippen molar-refractivity contribution in [3.63, 3.8) is 0 Å². The van der Waals surface area contributed by atoms with E-state index >= 15 is 0 Å². The van der Waals surface area contributed by atoms with Crippen molar-refractivity contribution < 1.29 is 8.78 Å². The molecule has 0 aliphatic carbocycles. The first-order chi connectivity index (χ1) is 8.58. The number of nitrogens with zero attached hydrogens (tertiary/aromatic N) is 2. The van der Waals surface area contributed by atoms with E-state index in [0.29, 0.717) is 22.3 Å². The van der Waals surface area contributed by atoms with Crippen molar-refractivity contribution >= 4 is 29.1 Å². The zero-order chi connectivity index (χ0) is 13.1. The third kappa shape index (κ3) is 2.94. The van der Waals surface area contributed by atoms with Gasteiger partial charge in [-0.3, -0.25) is 4.57 Å². The van der Waals surface area contributed by atoms with Gasteiger partial charge in [0.15, 0.2) is 0 Å². The van der Waals surface area contributed by atoms with E-state index in [-0.39, 0.29) is 0 Å². The van der Waals surface area contributed by atoms with Crippen LogP contribution in [0.3, 0.4) is 0 Å². The van der Waals surface area contributed by atoms with Crippen molar-refractivity contribution in [2.75, 3.05) is 5.73 Å². The molecule has 0 spiro atoms. The van der Waals surface area contributed by atoms with Crippen molar-refractivity contribution in [1.29, 1.82) is 0 Å². The Morgan fingerprint density at radius 2 is 2.22 bits per heavy atom. The quantitative estimate of drug-likeness (QED) is 0.687. The average molecular weight is 290 g/mol. The minimum atomic E-state index is -2.58. The fourth-order valence-electron chi connectivity index (χ4n) is 1.43. The summed E-state index contributed by atoms with van der Waals surface area (Å²) in [6, 6.07) is 5.10. The van der Waals surface area contributed by atoms with Crippen LogP contribution in [0.25, 0.3) is 0 Å². The number of rotatable bonds is 4. The zero-order valence-electron chi connectivity index (χ0n) is 9.19. The number of imidazole rings is 1. The summed E-state index contributed by atoms with van der Waals surface area (Å²) in [5.74, 6) is 0.632. The molecule has 0 unspecified atom stereocenters. The smallest absolute Gasteiger partial charge is 0.319 e. The van der Waals surface area contributed by atoms with Gasteiger partial charge >= 0.3 is 6.55 Å². The number of nitrogens with two attached hydrogens (primary N) is 1. The van der Waals surface area contributed by atoms with Gasteiger partial charge in [0.25, 0.3) is 0 Å². The Morgan fingerprint density at radius 3 is 2.89 bits per heavy atom. The van der Waals surface area contributed by atoms with E-state index in [1.54, 1.807) is 18.2 Å². The number of hydrogen-bond acceptors (Lipinski definition) is 3. The van der Waals surface area contributed by atoms with Crippen LogP contribution in [-0.2, 0) is 5.75 Å². The standard InChI is InChI=1S/C11H10ClF2N3S/c12-7-1-2-9(8(15)5-7)18-6-10-16-3-4-17(10)11(13)14/h1-5,11H,6,15H2. The lowest BCUT2D eigenvalue weighted by Crippen LogP contribution is -2.02. The van der Waals surface area contributed by atoms with E-state index in [0.717, 1.165) is 9.46 Å². The van der Waals surface area contributed by atoms with E-state index in [1.165, 1.54) is 24.2 Å². The molecule has 1 aromatic carbocycles. The van der Waals surface area contributed by atoms with Crippen LogP contribution >= 0.6 is 23.4 Å². The minimum Gasteiger partial charge on any atom is -0.398 e. The molecule has 0 fully saturated rings. The Bertz CT molecular complexity index is 545. The van der Waals surface area contributed by atoms with Crippen molar-refractivity contribution in [3.8, 4) is 0 Å². The van der Waals surface area contributed by atoms with Crippen LogP contribution in [0, 0.1) is 0 Å². The number of alkyl halides is 2. The van der Waals surface area contributed by atoms with Gasteiger partial charge in [0.1, 0.15) is 5.82 Å². The molecule has 0 atom stereocenters. The second kappa shape index (κ2) is 5.58. The second-order valence-electron chi connectivity index (χ2n) is 3.50. The molecule has 2 rings (SSSR count). The lowest BCUT2D eigenvalue weighted by molar-refractivity contribution is 0.0678. The van der Waals surface area contributed by atoms with Gasteiger partial charge in [-0.2, -0.15) is 8.78 Å².